The molecule has 1 unspecified atom stereocenters. The Hall–Kier alpha value is -1.63. The number of likely N-dealkylation sites (N-methyl/N-ethyl adjacent to an activating group) is 1. The largest absolute Gasteiger partial charge is 0.504 e. The van der Waals surface area contributed by atoms with Gasteiger partial charge in [0.05, 0.1) is 11.5 Å². The number of aromatic hydroxyl groups is 1. The van der Waals surface area contributed by atoms with Crippen molar-refractivity contribution in [3.63, 3.8) is 0 Å². The summed E-state index contributed by atoms with van der Waals surface area (Å²) in [6, 6.07) is 2.96. The lowest BCUT2D eigenvalue weighted by Gasteiger charge is -2.60. The Morgan fingerprint density at radius 2 is 2.08 bits per heavy atom. The minimum absolute atomic E-state index is 0.0319. The number of hydrogen-bond donors (Lipinski definition) is 3. The lowest BCUT2D eigenvalue weighted by Crippen LogP contribution is -2.78. The van der Waals surface area contributed by atoms with Crippen LogP contribution in [0.3, 0.4) is 0 Å². The molecule has 0 aromatic heterocycles. The molecular weight excluding hydrogens is 310 g/mol. The predicted octanol–water partition coefficient (Wildman–Crippen LogP) is 0.488. The van der Waals surface area contributed by atoms with E-state index >= 15 is 0 Å². The molecule has 5 atom stereocenters. The average molecular weight is 333 g/mol. The SMILES string of the molecule is Cc1ccc(O)c2c1[C@]13CCN(C)[C@H](C)C1(O)[C@H](O)CC(=O)[C@@H]3O2. The van der Waals surface area contributed by atoms with Crippen LogP contribution in [0, 0.1) is 6.92 Å². The normalized spacial score (nSPS) is 41.4. The van der Waals surface area contributed by atoms with Gasteiger partial charge in [0, 0.05) is 18.0 Å². The lowest BCUT2D eigenvalue weighted by atomic mass is 9.51. The Kier molecular flexibility index (Phi) is 3.12. The number of phenolic OH excluding ortho intramolecular Hbond substituents is 1. The highest BCUT2D eigenvalue weighted by Crippen LogP contribution is 2.61. The van der Waals surface area contributed by atoms with E-state index in [1.165, 1.54) is 0 Å². The van der Waals surface area contributed by atoms with E-state index < -0.39 is 23.2 Å². The zero-order valence-electron chi connectivity index (χ0n) is 14.1. The minimum Gasteiger partial charge on any atom is -0.504 e. The highest BCUT2D eigenvalue weighted by atomic mass is 16.5. The number of phenols is 1. The van der Waals surface area contributed by atoms with E-state index in [4.69, 9.17) is 4.74 Å². The summed E-state index contributed by atoms with van der Waals surface area (Å²) >= 11 is 0. The van der Waals surface area contributed by atoms with Gasteiger partial charge in [-0.25, -0.2) is 0 Å². The van der Waals surface area contributed by atoms with Gasteiger partial charge in [-0.15, -0.1) is 0 Å². The number of aliphatic hydroxyl groups excluding tert-OH is 1. The number of hydrogen-bond acceptors (Lipinski definition) is 6. The molecule has 1 aromatic carbocycles. The first-order valence-electron chi connectivity index (χ1n) is 8.38. The van der Waals surface area contributed by atoms with Crippen LogP contribution in [-0.4, -0.2) is 63.4 Å². The van der Waals surface area contributed by atoms with Crippen LogP contribution < -0.4 is 4.74 Å². The highest BCUT2D eigenvalue weighted by molar-refractivity contribution is 5.90. The van der Waals surface area contributed by atoms with Crippen LogP contribution in [0.15, 0.2) is 12.1 Å². The number of carbonyl (C=O) groups excluding carboxylic acids is 1. The summed E-state index contributed by atoms with van der Waals surface area (Å²) in [7, 11) is 1.90. The van der Waals surface area contributed by atoms with E-state index in [1.54, 1.807) is 12.1 Å². The second kappa shape index (κ2) is 4.71. The van der Waals surface area contributed by atoms with E-state index in [0.717, 1.165) is 5.56 Å². The Labute approximate surface area is 140 Å². The number of aliphatic hydroxyl groups is 2. The van der Waals surface area contributed by atoms with E-state index in [1.807, 2.05) is 25.8 Å². The second-order valence-electron chi connectivity index (χ2n) is 7.49. The molecule has 0 amide bonds. The van der Waals surface area contributed by atoms with Crippen LogP contribution in [0.25, 0.3) is 0 Å². The number of piperidine rings is 1. The van der Waals surface area contributed by atoms with Crippen molar-refractivity contribution in [1.82, 2.24) is 4.90 Å². The second-order valence-corrected chi connectivity index (χ2v) is 7.49. The van der Waals surface area contributed by atoms with Crippen molar-refractivity contribution in [2.75, 3.05) is 13.6 Å². The molecular formula is C18H23NO5. The predicted molar refractivity (Wildman–Crippen MR) is 86.2 cm³/mol. The lowest BCUT2D eigenvalue weighted by molar-refractivity contribution is -0.219. The van der Waals surface area contributed by atoms with Crippen molar-refractivity contribution in [3.05, 3.63) is 23.3 Å². The number of carbonyl (C=O) groups is 1. The van der Waals surface area contributed by atoms with Gasteiger partial charge in [0.25, 0.3) is 0 Å². The number of rotatable bonds is 0. The number of benzene rings is 1. The molecule has 1 saturated heterocycles. The molecule has 3 N–H and O–H groups in total. The van der Waals surface area contributed by atoms with Crippen LogP contribution in [0.5, 0.6) is 11.5 Å². The number of Topliss-reactive ketones (excluding diaryl/α,β-unsaturated/α-hetero) is 1. The minimum atomic E-state index is -1.53. The summed E-state index contributed by atoms with van der Waals surface area (Å²) in [5.41, 5.74) is -1.04. The van der Waals surface area contributed by atoms with Crippen molar-refractivity contribution in [1.29, 1.82) is 0 Å². The first-order chi connectivity index (χ1) is 11.2. The Morgan fingerprint density at radius 1 is 1.38 bits per heavy atom. The van der Waals surface area contributed by atoms with Crippen LogP contribution in [-0.2, 0) is 10.2 Å². The zero-order valence-corrected chi connectivity index (χ0v) is 14.1. The van der Waals surface area contributed by atoms with Gasteiger partial charge in [0.2, 0.25) is 0 Å². The van der Waals surface area contributed by atoms with Crippen molar-refractivity contribution >= 4 is 5.78 Å². The van der Waals surface area contributed by atoms with Gasteiger partial charge < -0.3 is 25.0 Å². The molecule has 1 saturated carbocycles. The Morgan fingerprint density at radius 3 is 2.79 bits per heavy atom. The number of likely N-dealkylation sites (tertiary alicyclic amines) is 1. The molecule has 1 aromatic rings. The maximum Gasteiger partial charge on any atom is 0.177 e. The molecule has 1 aliphatic carbocycles. The Bertz CT molecular complexity index is 734. The van der Waals surface area contributed by atoms with E-state index in [0.29, 0.717) is 18.5 Å². The number of fused-ring (bicyclic) bond motifs is 1. The van der Waals surface area contributed by atoms with E-state index in [-0.39, 0.29) is 29.7 Å². The van der Waals surface area contributed by atoms with Gasteiger partial charge in [0.15, 0.2) is 23.4 Å². The number of nitrogens with zero attached hydrogens (tertiary/aromatic N) is 1. The van der Waals surface area contributed by atoms with Gasteiger partial charge in [0.1, 0.15) is 5.60 Å². The molecule has 6 heteroatoms. The first-order valence-corrected chi connectivity index (χ1v) is 8.38. The molecule has 4 rings (SSSR count). The summed E-state index contributed by atoms with van der Waals surface area (Å²) in [4.78, 5) is 14.7. The average Bonchev–Trinajstić information content (AvgIpc) is 2.90. The van der Waals surface area contributed by atoms with Crippen LogP contribution in [0.1, 0.15) is 30.9 Å². The molecule has 2 fully saturated rings. The van der Waals surface area contributed by atoms with Gasteiger partial charge in [-0.3, -0.25) is 4.79 Å². The third-order valence-electron chi connectivity index (χ3n) is 6.54. The summed E-state index contributed by atoms with van der Waals surface area (Å²) in [5, 5.41) is 32.7. The molecule has 24 heavy (non-hydrogen) atoms. The van der Waals surface area contributed by atoms with Crippen molar-refractivity contribution in [2.24, 2.45) is 0 Å². The molecule has 0 bridgehead atoms. The maximum atomic E-state index is 12.7. The molecule has 0 radical (unpaired) electrons. The van der Waals surface area contributed by atoms with Crippen molar-refractivity contribution < 1.29 is 24.9 Å². The molecule has 2 aliphatic heterocycles. The van der Waals surface area contributed by atoms with Crippen molar-refractivity contribution in [3.8, 4) is 11.5 Å². The zero-order chi connectivity index (χ0) is 17.4. The molecule has 6 nitrogen and oxygen atoms in total. The molecule has 1 spiro atoms. The Balaban J connectivity index is 2.05. The fourth-order valence-corrected chi connectivity index (χ4v) is 5.18. The summed E-state index contributed by atoms with van der Waals surface area (Å²) in [6.07, 6.45) is -1.70. The quantitative estimate of drug-likeness (QED) is 0.640. The van der Waals surface area contributed by atoms with Crippen LogP contribution in [0.4, 0.5) is 0 Å². The van der Waals surface area contributed by atoms with Gasteiger partial charge >= 0.3 is 0 Å². The number of ketones is 1. The van der Waals surface area contributed by atoms with Gasteiger partial charge in [-0.1, -0.05) is 6.07 Å². The molecule has 130 valence electrons. The fourth-order valence-electron chi connectivity index (χ4n) is 5.18. The molecule has 3 aliphatic rings. The smallest absolute Gasteiger partial charge is 0.177 e. The number of ether oxygens (including phenoxy) is 1. The third-order valence-corrected chi connectivity index (χ3v) is 6.54. The molecule has 2 heterocycles. The highest BCUT2D eigenvalue weighted by Gasteiger charge is 2.73. The maximum absolute atomic E-state index is 12.7. The van der Waals surface area contributed by atoms with Gasteiger partial charge in [-0.05, 0) is 45.5 Å². The first kappa shape index (κ1) is 15.9. The summed E-state index contributed by atoms with van der Waals surface area (Å²) in [5.74, 6) is 0.0205. The third kappa shape index (κ3) is 1.54. The summed E-state index contributed by atoms with van der Waals surface area (Å²) in [6.45, 7) is 4.42. The number of aryl methyl sites for hydroxylation is 1. The van der Waals surface area contributed by atoms with Crippen molar-refractivity contribution in [2.45, 2.75) is 56.0 Å². The topological polar surface area (TPSA) is 90.2 Å². The van der Waals surface area contributed by atoms with Crippen LogP contribution in [0.2, 0.25) is 0 Å². The van der Waals surface area contributed by atoms with Gasteiger partial charge in [-0.2, -0.15) is 0 Å². The summed E-state index contributed by atoms with van der Waals surface area (Å²) < 4.78 is 5.90. The van der Waals surface area contributed by atoms with E-state index in [2.05, 4.69) is 0 Å². The van der Waals surface area contributed by atoms with E-state index in [9.17, 15) is 20.1 Å². The van der Waals surface area contributed by atoms with Crippen LogP contribution >= 0.6 is 0 Å². The monoisotopic (exact) mass is 333 g/mol. The fraction of sp³-hybridized carbons (Fsp3) is 0.611. The standard InChI is InChI=1S/C18H23NO5/c1-9-4-5-11(20)15-14(9)17-6-7-19(3)10(2)18(17,23)13(22)8-12(21)16(17)24-15/h4-5,10,13,16,20,22-23H,6-8H2,1-3H3/t10-,13-,16+,17+,18?/m1/s1.